The maximum Gasteiger partial charge on any atom is 0.0415 e. The predicted molar refractivity (Wildman–Crippen MR) is 58.9 cm³/mol. The third-order valence-corrected chi connectivity index (χ3v) is 2.05. The number of benzene rings is 1. The fourth-order valence-electron chi connectivity index (χ4n) is 1.20. The minimum absolute atomic E-state index is 0.769. The van der Waals surface area contributed by atoms with Crippen LogP contribution >= 0.6 is 11.6 Å². The monoisotopic (exact) mass is 195 g/mol. The van der Waals surface area contributed by atoms with Crippen LogP contribution < -0.4 is 5.32 Å². The van der Waals surface area contributed by atoms with Gasteiger partial charge in [-0.15, -0.1) is 0 Å². The highest BCUT2D eigenvalue weighted by molar-refractivity contribution is 6.30. The van der Waals surface area contributed by atoms with Gasteiger partial charge in [-0.05, 0) is 37.2 Å². The molecule has 0 radical (unpaired) electrons. The first-order chi connectivity index (χ1) is 6.13. The molecule has 0 saturated heterocycles. The molecule has 0 aliphatic rings. The van der Waals surface area contributed by atoms with Crippen molar-refractivity contribution in [1.29, 1.82) is 0 Å². The van der Waals surface area contributed by atoms with E-state index in [-0.39, 0.29) is 0 Å². The first-order valence-corrected chi connectivity index (χ1v) is 4.61. The Morgan fingerprint density at radius 1 is 1.46 bits per heavy atom. The van der Waals surface area contributed by atoms with Gasteiger partial charge >= 0.3 is 0 Å². The van der Waals surface area contributed by atoms with Crippen molar-refractivity contribution in [2.45, 2.75) is 13.5 Å². The summed E-state index contributed by atoms with van der Waals surface area (Å²) in [5.41, 5.74) is 3.34. The lowest BCUT2D eigenvalue weighted by molar-refractivity contribution is 0.817. The lowest BCUT2D eigenvalue weighted by Crippen LogP contribution is -2.05. The Labute approximate surface area is 84.4 Å². The van der Waals surface area contributed by atoms with Crippen molar-refractivity contribution in [3.8, 4) is 0 Å². The van der Waals surface area contributed by atoms with Gasteiger partial charge in [-0.25, -0.2) is 0 Å². The van der Waals surface area contributed by atoms with E-state index in [0.717, 1.165) is 22.7 Å². The summed E-state index contributed by atoms with van der Waals surface area (Å²) in [7, 11) is 1.92. The van der Waals surface area contributed by atoms with Crippen molar-refractivity contribution in [3.05, 3.63) is 40.9 Å². The van der Waals surface area contributed by atoms with Crippen LogP contribution in [0, 0.1) is 0 Å². The van der Waals surface area contributed by atoms with Crippen LogP contribution in [0.1, 0.15) is 18.1 Å². The summed E-state index contributed by atoms with van der Waals surface area (Å²) in [6, 6.07) is 6.00. The van der Waals surface area contributed by atoms with Gasteiger partial charge < -0.3 is 5.32 Å². The SMILES string of the molecule is C=C(C)c1cc(Cl)cc(CNC)c1. The average molecular weight is 196 g/mol. The number of halogens is 1. The van der Waals surface area contributed by atoms with Crippen LogP contribution in [0.4, 0.5) is 0 Å². The van der Waals surface area contributed by atoms with Gasteiger partial charge in [-0.1, -0.05) is 29.8 Å². The molecule has 0 unspecified atom stereocenters. The van der Waals surface area contributed by atoms with Crippen molar-refractivity contribution < 1.29 is 0 Å². The summed E-state index contributed by atoms with van der Waals surface area (Å²) < 4.78 is 0. The summed E-state index contributed by atoms with van der Waals surface area (Å²) >= 11 is 5.96. The molecule has 0 aromatic heterocycles. The van der Waals surface area contributed by atoms with E-state index < -0.39 is 0 Å². The van der Waals surface area contributed by atoms with Gasteiger partial charge in [0, 0.05) is 11.6 Å². The molecule has 0 amide bonds. The Morgan fingerprint density at radius 3 is 2.69 bits per heavy atom. The zero-order valence-electron chi connectivity index (χ0n) is 8.02. The Balaban J connectivity index is 3.03. The fraction of sp³-hybridized carbons (Fsp3) is 0.273. The predicted octanol–water partition coefficient (Wildman–Crippen LogP) is 3.09. The van der Waals surface area contributed by atoms with Crippen molar-refractivity contribution in [2.75, 3.05) is 7.05 Å². The van der Waals surface area contributed by atoms with Gasteiger partial charge in [0.15, 0.2) is 0 Å². The van der Waals surface area contributed by atoms with Crippen LogP contribution in [-0.2, 0) is 6.54 Å². The van der Waals surface area contributed by atoms with Gasteiger partial charge in [-0.2, -0.15) is 0 Å². The third kappa shape index (κ3) is 2.87. The van der Waals surface area contributed by atoms with E-state index in [1.165, 1.54) is 5.56 Å². The van der Waals surface area contributed by atoms with E-state index in [2.05, 4.69) is 18.0 Å². The molecule has 1 aromatic rings. The smallest absolute Gasteiger partial charge is 0.0415 e. The van der Waals surface area contributed by atoms with Crippen molar-refractivity contribution >= 4 is 17.2 Å². The van der Waals surface area contributed by atoms with E-state index in [1.54, 1.807) is 0 Å². The van der Waals surface area contributed by atoms with Gasteiger partial charge in [0.05, 0.1) is 0 Å². The summed E-state index contributed by atoms with van der Waals surface area (Å²) in [5.74, 6) is 0. The lowest BCUT2D eigenvalue weighted by Gasteiger charge is -2.05. The van der Waals surface area contributed by atoms with E-state index in [4.69, 9.17) is 11.6 Å². The highest BCUT2D eigenvalue weighted by atomic mass is 35.5. The first-order valence-electron chi connectivity index (χ1n) is 4.23. The minimum atomic E-state index is 0.769. The summed E-state index contributed by atoms with van der Waals surface area (Å²) in [6.07, 6.45) is 0. The molecule has 13 heavy (non-hydrogen) atoms. The Bertz CT molecular complexity index is 318. The molecule has 0 saturated carbocycles. The molecule has 0 fully saturated rings. The van der Waals surface area contributed by atoms with Crippen molar-refractivity contribution in [3.63, 3.8) is 0 Å². The second kappa shape index (κ2) is 4.45. The zero-order valence-corrected chi connectivity index (χ0v) is 8.78. The van der Waals surface area contributed by atoms with Gasteiger partial charge in [-0.3, -0.25) is 0 Å². The normalized spacial score (nSPS) is 10.1. The molecular weight excluding hydrogens is 182 g/mol. The molecule has 0 atom stereocenters. The quantitative estimate of drug-likeness (QED) is 0.782. The number of nitrogens with one attached hydrogen (secondary N) is 1. The standard InChI is InChI=1S/C11H14ClN/c1-8(2)10-4-9(7-13-3)5-11(12)6-10/h4-6,13H,1,7H2,2-3H3. The van der Waals surface area contributed by atoms with Gasteiger partial charge in [0.1, 0.15) is 0 Å². The highest BCUT2D eigenvalue weighted by Gasteiger charge is 1.99. The van der Waals surface area contributed by atoms with Crippen molar-refractivity contribution in [2.24, 2.45) is 0 Å². The summed E-state index contributed by atoms with van der Waals surface area (Å²) in [5, 5.41) is 3.86. The summed E-state index contributed by atoms with van der Waals surface area (Å²) in [4.78, 5) is 0. The molecule has 0 aliphatic carbocycles. The molecular formula is C11H14ClN. The largest absolute Gasteiger partial charge is 0.316 e. The molecule has 2 heteroatoms. The van der Waals surface area contributed by atoms with Crippen LogP contribution in [0.2, 0.25) is 5.02 Å². The third-order valence-electron chi connectivity index (χ3n) is 1.83. The molecule has 0 heterocycles. The Kier molecular flexibility index (Phi) is 3.52. The van der Waals surface area contributed by atoms with Crippen LogP contribution in [-0.4, -0.2) is 7.05 Å². The molecule has 1 rings (SSSR count). The van der Waals surface area contributed by atoms with Crippen LogP contribution in [0.3, 0.4) is 0 Å². The molecule has 1 aromatic carbocycles. The number of rotatable bonds is 3. The van der Waals surface area contributed by atoms with Gasteiger partial charge in [0.25, 0.3) is 0 Å². The zero-order chi connectivity index (χ0) is 9.84. The summed E-state index contributed by atoms with van der Waals surface area (Å²) in [6.45, 7) is 6.70. The Hall–Kier alpha value is -0.790. The van der Waals surface area contributed by atoms with Crippen LogP contribution in [0.15, 0.2) is 24.8 Å². The molecule has 70 valence electrons. The molecule has 0 aliphatic heterocycles. The van der Waals surface area contributed by atoms with E-state index in [9.17, 15) is 0 Å². The van der Waals surface area contributed by atoms with E-state index >= 15 is 0 Å². The maximum absolute atomic E-state index is 5.96. The number of hydrogen-bond acceptors (Lipinski definition) is 1. The molecule has 0 spiro atoms. The first kappa shape index (κ1) is 10.3. The Morgan fingerprint density at radius 2 is 2.15 bits per heavy atom. The number of allylic oxidation sites excluding steroid dienone is 1. The maximum atomic E-state index is 5.96. The number of hydrogen-bond donors (Lipinski definition) is 1. The highest BCUT2D eigenvalue weighted by Crippen LogP contribution is 2.19. The molecule has 1 nitrogen and oxygen atoms in total. The van der Waals surface area contributed by atoms with Crippen LogP contribution in [0.25, 0.3) is 5.57 Å². The topological polar surface area (TPSA) is 12.0 Å². The van der Waals surface area contributed by atoms with E-state index in [1.807, 2.05) is 26.1 Å². The molecule has 1 N–H and O–H groups in total. The fourth-order valence-corrected chi connectivity index (χ4v) is 1.46. The van der Waals surface area contributed by atoms with Gasteiger partial charge in [0.2, 0.25) is 0 Å². The second-order valence-electron chi connectivity index (χ2n) is 3.16. The second-order valence-corrected chi connectivity index (χ2v) is 3.60. The lowest BCUT2D eigenvalue weighted by atomic mass is 10.1. The molecule has 0 bridgehead atoms. The van der Waals surface area contributed by atoms with Crippen LogP contribution in [0.5, 0.6) is 0 Å². The van der Waals surface area contributed by atoms with Crippen molar-refractivity contribution in [1.82, 2.24) is 5.32 Å². The minimum Gasteiger partial charge on any atom is -0.316 e. The average Bonchev–Trinajstić information content (AvgIpc) is 2.03. The van der Waals surface area contributed by atoms with E-state index in [0.29, 0.717) is 0 Å².